The van der Waals surface area contributed by atoms with Gasteiger partial charge in [-0.3, -0.25) is 0 Å². The molecule has 0 amide bonds. The van der Waals surface area contributed by atoms with Crippen molar-refractivity contribution in [3.8, 4) is 11.5 Å². The van der Waals surface area contributed by atoms with Crippen molar-refractivity contribution in [2.24, 2.45) is 0 Å². The molecule has 0 bridgehead atoms. The summed E-state index contributed by atoms with van der Waals surface area (Å²) in [5, 5.41) is 3.54. The minimum absolute atomic E-state index is 0.604. The van der Waals surface area contributed by atoms with Crippen LogP contribution in [0.4, 0.5) is 0 Å². The van der Waals surface area contributed by atoms with Gasteiger partial charge in [-0.1, -0.05) is 19.4 Å². The van der Waals surface area contributed by atoms with Crippen LogP contribution in [-0.2, 0) is 6.42 Å². The van der Waals surface area contributed by atoms with Crippen molar-refractivity contribution in [2.45, 2.75) is 39.2 Å². The summed E-state index contributed by atoms with van der Waals surface area (Å²) in [7, 11) is 0. The maximum atomic E-state index is 5.58. The first-order valence-electron chi connectivity index (χ1n) is 6.91. The lowest BCUT2D eigenvalue weighted by molar-refractivity contribution is 0.171. The molecular formula is C15H23NO2. The van der Waals surface area contributed by atoms with Gasteiger partial charge in [0.1, 0.15) is 13.2 Å². The van der Waals surface area contributed by atoms with Gasteiger partial charge in [0.15, 0.2) is 11.5 Å². The molecule has 0 saturated carbocycles. The standard InChI is InChI=1S/C15H23NO2/c1-3-4-12(2)16-8-7-13-5-6-14-15(11-13)18-10-9-17-14/h5-6,11-12,16H,3-4,7-10H2,1-2H3. The third-order valence-electron chi connectivity index (χ3n) is 3.23. The number of hydrogen-bond donors (Lipinski definition) is 1. The van der Waals surface area contributed by atoms with E-state index in [1.165, 1.54) is 18.4 Å². The summed E-state index contributed by atoms with van der Waals surface area (Å²) in [6.45, 7) is 6.79. The predicted octanol–water partition coefficient (Wildman–Crippen LogP) is 2.78. The van der Waals surface area contributed by atoms with Crippen molar-refractivity contribution in [3.63, 3.8) is 0 Å². The van der Waals surface area contributed by atoms with Gasteiger partial charge in [0.05, 0.1) is 0 Å². The molecule has 1 N–H and O–H groups in total. The third-order valence-corrected chi connectivity index (χ3v) is 3.23. The zero-order valence-electron chi connectivity index (χ0n) is 11.4. The fraction of sp³-hybridized carbons (Fsp3) is 0.600. The highest BCUT2D eigenvalue weighted by atomic mass is 16.6. The van der Waals surface area contributed by atoms with Crippen LogP contribution < -0.4 is 14.8 Å². The number of benzene rings is 1. The van der Waals surface area contributed by atoms with E-state index in [9.17, 15) is 0 Å². The van der Waals surface area contributed by atoms with Crippen LogP contribution in [0, 0.1) is 0 Å². The van der Waals surface area contributed by atoms with Gasteiger partial charge < -0.3 is 14.8 Å². The van der Waals surface area contributed by atoms with Crippen LogP contribution in [0.5, 0.6) is 11.5 Å². The number of nitrogens with one attached hydrogen (secondary N) is 1. The molecule has 0 spiro atoms. The molecule has 1 unspecified atom stereocenters. The molecule has 0 fully saturated rings. The molecule has 0 aromatic heterocycles. The summed E-state index contributed by atoms with van der Waals surface area (Å²) in [6.07, 6.45) is 3.50. The van der Waals surface area contributed by atoms with Crippen LogP contribution in [0.15, 0.2) is 18.2 Å². The molecule has 1 aliphatic rings. The van der Waals surface area contributed by atoms with E-state index in [4.69, 9.17) is 9.47 Å². The van der Waals surface area contributed by atoms with Gasteiger partial charge in [0.2, 0.25) is 0 Å². The van der Waals surface area contributed by atoms with Gasteiger partial charge in [-0.25, -0.2) is 0 Å². The number of fused-ring (bicyclic) bond motifs is 1. The Balaban J connectivity index is 1.82. The normalized spacial score (nSPS) is 15.4. The second-order valence-electron chi connectivity index (χ2n) is 4.87. The van der Waals surface area contributed by atoms with E-state index in [-0.39, 0.29) is 0 Å². The summed E-state index contributed by atoms with van der Waals surface area (Å²) in [4.78, 5) is 0. The Labute approximate surface area is 109 Å². The molecule has 1 aliphatic heterocycles. The minimum atomic E-state index is 0.604. The summed E-state index contributed by atoms with van der Waals surface area (Å²) in [5.74, 6) is 1.76. The zero-order valence-corrected chi connectivity index (χ0v) is 11.4. The first-order valence-corrected chi connectivity index (χ1v) is 6.91. The lowest BCUT2D eigenvalue weighted by atomic mass is 10.1. The lowest BCUT2D eigenvalue weighted by Crippen LogP contribution is -2.27. The average Bonchev–Trinajstić information content (AvgIpc) is 2.39. The van der Waals surface area contributed by atoms with Gasteiger partial charge in [-0.2, -0.15) is 0 Å². The molecule has 18 heavy (non-hydrogen) atoms. The zero-order chi connectivity index (χ0) is 12.8. The Kier molecular flexibility index (Phi) is 4.88. The van der Waals surface area contributed by atoms with E-state index < -0.39 is 0 Å². The van der Waals surface area contributed by atoms with Crippen molar-refractivity contribution in [1.29, 1.82) is 0 Å². The van der Waals surface area contributed by atoms with Crippen LogP contribution in [0.25, 0.3) is 0 Å². The Bertz CT molecular complexity index is 379. The molecule has 3 heteroatoms. The molecule has 1 heterocycles. The van der Waals surface area contributed by atoms with Gasteiger partial charge in [-0.15, -0.1) is 0 Å². The Hall–Kier alpha value is -1.22. The van der Waals surface area contributed by atoms with E-state index in [2.05, 4.69) is 31.3 Å². The van der Waals surface area contributed by atoms with E-state index in [0.29, 0.717) is 19.3 Å². The molecule has 2 rings (SSSR count). The highest BCUT2D eigenvalue weighted by Gasteiger charge is 2.11. The molecule has 3 nitrogen and oxygen atoms in total. The fourth-order valence-electron chi connectivity index (χ4n) is 2.24. The Morgan fingerprint density at radius 1 is 1.22 bits per heavy atom. The molecule has 0 radical (unpaired) electrons. The topological polar surface area (TPSA) is 30.5 Å². The van der Waals surface area contributed by atoms with E-state index in [1.54, 1.807) is 0 Å². The maximum absolute atomic E-state index is 5.58. The van der Waals surface area contributed by atoms with Crippen LogP contribution >= 0.6 is 0 Å². The van der Waals surface area contributed by atoms with E-state index in [0.717, 1.165) is 24.5 Å². The third kappa shape index (κ3) is 3.64. The Morgan fingerprint density at radius 3 is 2.78 bits per heavy atom. The first-order chi connectivity index (χ1) is 8.79. The monoisotopic (exact) mass is 249 g/mol. The van der Waals surface area contributed by atoms with Crippen molar-refractivity contribution < 1.29 is 9.47 Å². The van der Waals surface area contributed by atoms with Crippen molar-refractivity contribution in [2.75, 3.05) is 19.8 Å². The minimum Gasteiger partial charge on any atom is -0.486 e. The van der Waals surface area contributed by atoms with Gasteiger partial charge >= 0.3 is 0 Å². The Morgan fingerprint density at radius 2 is 2.00 bits per heavy atom. The summed E-state index contributed by atoms with van der Waals surface area (Å²) < 4.78 is 11.1. The molecule has 1 aromatic rings. The fourth-order valence-corrected chi connectivity index (χ4v) is 2.24. The van der Waals surface area contributed by atoms with Crippen LogP contribution in [0.1, 0.15) is 32.3 Å². The highest BCUT2D eigenvalue weighted by Crippen LogP contribution is 2.30. The molecule has 1 aromatic carbocycles. The van der Waals surface area contributed by atoms with Crippen molar-refractivity contribution in [1.82, 2.24) is 5.32 Å². The smallest absolute Gasteiger partial charge is 0.161 e. The van der Waals surface area contributed by atoms with Gasteiger partial charge in [0.25, 0.3) is 0 Å². The van der Waals surface area contributed by atoms with Crippen molar-refractivity contribution >= 4 is 0 Å². The quantitative estimate of drug-likeness (QED) is 0.841. The molecule has 0 aliphatic carbocycles. The second kappa shape index (κ2) is 6.64. The van der Waals surface area contributed by atoms with Crippen molar-refractivity contribution in [3.05, 3.63) is 23.8 Å². The predicted molar refractivity (Wildman–Crippen MR) is 73.5 cm³/mol. The second-order valence-corrected chi connectivity index (χ2v) is 4.87. The van der Waals surface area contributed by atoms with Gasteiger partial charge in [-0.05, 0) is 44.0 Å². The van der Waals surface area contributed by atoms with Crippen LogP contribution in [-0.4, -0.2) is 25.8 Å². The average molecular weight is 249 g/mol. The number of rotatable bonds is 6. The maximum Gasteiger partial charge on any atom is 0.161 e. The summed E-state index contributed by atoms with van der Waals surface area (Å²) >= 11 is 0. The molecule has 100 valence electrons. The van der Waals surface area contributed by atoms with E-state index >= 15 is 0 Å². The summed E-state index contributed by atoms with van der Waals surface area (Å²) in [6, 6.07) is 6.84. The molecule has 1 atom stereocenters. The van der Waals surface area contributed by atoms with Crippen LogP contribution in [0.2, 0.25) is 0 Å². The number of ether oxygens (including phenoxy) is 2. The first kappa shape index (κ1) is 13.2. The SMILES string of the molecule is CCCC(C)NCCc1ccc2c(c1)OCCO2. The number of hydrogen-bond acceptors (Lipinski definition) is 3. The molecule has 0 saturated heterocycles. The highest BCUT2D eigenvalue weighted by molar-refractivity contribution is 5.43. The lowest BCUT2D eigenvalue weighted by Gasteiger charge is -2.19. The van der Waals surface area contributed by atoms with E-state index in [1.807, 2.05) is 6.07 Å². The largest absolute Gasteiger partial charge is 0.486 e. The molecular weight excluding hydrogens is 226 g/mol. The van der Waals surface area contributed by atoms with Gasteiger partial charge in [0, 0.05) is 6.04 Å². The summed E-state index contributed by atoms with van der Waals surface area (Å²) in [5.41, 5.74) is 1.30. The van der Waals surface area contributed by atoms with Crippen LogP contribution in [0.3, 0.4) is 0 Å².